The van der Waals surface area contributed by atoms with Crippen molar-refractivity contribution in [3.05, 3.63) is 130 Å². The topological polar surface area (TPSA) is 125 Å². The molecule has 2 N–H and O–H groups in total. The molecule has 2 atom stereocenters. The summed E-state index contributed by atoms with van der Waals surface area (Å²) in [5.41, 5.74) is 5.66. The molecular formula is C38H30F4N6O4S2. The number of aromatic nitrogens is 2. The Hall–Kier alpha value is -6.00. The largest absolute Gasteiger partial charge is 0.340 e. The van der Waals surface area contributed by atoms with Crippen LogP contribution >= 0.6 is 22.7 Å². The number of halogens is 4. The van der Waals surface area contributed by atoms with E-state index in [1.54, 1.807) is 47.4 Å². The molecule has 0 saturated carbocycles. The summed E-state index contributed by atoms with van der Waals surface area (Å²) < 4.78 is 58.1. The minimum atomic E-state index is -1.34. The standard InChI is InChI=1S/C38H30F4N6O4S2/c1-47(27-3-5-33-29(17-27)43-19-53-33)37(51)31(13-21-9-23(39)15-24(40)10-21)45-35(49)7-8-36(50)46-32(14-22-11-25(41)16-26(42)12-22)38(52)48(2)28-4-6-34-30(18-28)44-20-54-34/h3-12,15-20,31-32H,13-14H2,1-2H3,(H,45,49)(H,46,50)/b8-7-/t31-,32-/m0/s1. The van der Waals surface area contributed by atoms with Crippen LogP contribution in [-0.2, 0) is 32.0 Å². The van der Waals surface area contributed by atoms with Crippen molar-refractivity contribution in [1.29, 1.82) is 0 Å². The Morgan fingerprint density at radius 2 is 0.981 bits per heavy atom. The normalized spacial score (nSPS) is 12.5. The number of anilines is 2. The van der Waals surface area contributed by atoms with Crippen molar-refractivity contribution in [2.45, 2.75) is 24.9 Å². The van der Waals surface area contributed by atoms with Gasteiger partial charge in [-0.05, 0) is 71.8 Å². The lowest BCUT2D eigenvalue weighted by Gasteiger charge is -2.25. The fourth-order valence-electron chi connectivity index (χ4n) is 5.75. The number of carbonyl (C=O) groups is 4. The van der Waals surface area contributed by atoms with Crippen molar-refractivity contribution >= 4 is 78.1 Å². The summed E-state index contributed by atoms with van der Waals surface area (Å²) in [6.07, 6.45) is 1.05. The summed E-state index contributed by atoms with van der Waals surface area (Å²) in [5.74, 6) is -6.58. The summed E-state index contributed by atoms with van der Waals surface area (Å²) in [5, 5.41) is 5.01. The first-order valence-electron chi connectivity index (χ1n) is 16.2. The van der Waals surface area contributed by atoms with Crippen LogP contribution in [-0.4, -0.2) is 59.8 Å². The number of nitrogens with zero attached hydrogens (tertiary/aromatic N) is 4. The minimum Gasteiger partial charge on any atom is -0.340 e. The van der Waals surface area contributed by atoms with E-state index >= 15 is 0 Å². The molecular weight excluding hydrogens is 745 g/mol. The Morgan fingerprint density at radius 3 is 1.35 bits per heavy atom. The first-order valence-corrected chi connectivity index (χ1v) is 18.0. The molecule has 6 aromatic rings. The lowest BCUT2D eigenvalue weighted by atomic mass is 10.0. The van der Waals surface area contributed by atoms with E-state index in [2.05, 4.69) is 20.6 Å². The number of rotatable bonds is 12. The van der Waals surface area contributed by atoms with Crippen LogP contribution in [0.2, 0.25) is 0 Å². The molecule has 2 heterocycles. The van der Waals surface area contributed by atoms with Crippen molar-refractivity contribution in [3.63, 3.8) is 0 Å². The molecule has 54 heavy (non-hydrogen) atoms. The fraction of sp³-hybridized carbons (Fsp3) is 0.158. The van der Waals surface area contributed by atoms with Gasteiger partial charge in [0.25, 0.3) is 0 Å². The van der Waals surface area contributed by atoms with Crippen LogP contribution in [0.3, 0.4) is 0 Å². The maximum Gasteiger partial charge on any atom is 0.249 e. The van der Waals surface area contributed by atoms with Gasteiger partial charge < -0.3 is 20.4 Å². The second kappa shape index (κ2) is 16.3. The average molecular weight is 775 g/mol. The van der Waals surface area contributed by atoms with Crippen LogP contribution < -0.4 is 20.4 Å². The molecule has 6 rings (SSSR count). The number of thiazole rings is 2. The van der Waals surface area contributed by atoms with E-state index in [4.69, 9.17) is 0 Å². The molecule has 0 fully saturated rings. The summed E-state index contributed by atoms with van der Waals surface area (Å²) in [6, 6.07) is 13.1. The maximum absolute atomic E-state index is 14.1. The molecule has 16 heteroatoms. The van der Waals surface area contributed by atoms with Gasteiger partial charge in [-0.1, -0.05) is 0 Å². The first-order chi connectivity index (χ1) is 25.8. The van der Waals surface area contributed by atoms with E-state index in [9.17, 15) is 36.7 Å². The molecule has 0 aliphatic heterocycles. The van der Waals surface area contributed by atoms with Gasteiger partial charge in [0.2, 0.25) is 23.6 Å². The Balaban J connectivity index is 1.20. The van der Waals surface area contributed by atoms with Gasteiger partial charge in [-0.2, -0.15) is 0 Å². The van der Waals surface area contributed by atoms with Crippen molar-refractivity contribution in [1.82, 2.24) is 20.6 Å². The van der Waals surface area contributed by atoms with Gasteiger partial charge in [-0.25, -0.2) is 27.5 Å². The zero-order valence-electron chi connectivity index (χ0n) is 28.6. The van der Waals surface area contributed by atoms with Crippen LogP contribution in [0.25, 0.3) is 20.4 Å². The zero-order valence-corrected chi connectivity index (χ0v) is 30.2. The molecule has 0 unspecified atom stereocenters. The molecule has 2 aromatic heterocycles. The smallest absolute Gasteiger partial charge is 0.249 e. The lowest BCUT2D eigenvalue weighted by molar-refractivity contribution is -0.125. The highest BCUT2D eigenvalue weighted by Gasteiger charge is 2.28. The van der Waals surface area contributed by atoms with Crippen molar-refractivity contribution in [3.8, 4) is 0 Å². The Bertz CT molecular complexity index is 2210. The van der Waals surface area contributed by atoms with Crippen LogP contribution in [0.1, 0.15) is 11.1 Å². The summed E-state index contributed by atoms with van der Waals surface area (Å²) >= 11 is 2.83. The number of carbonyl (C=O) groups excluding carboxylic acids is 4. The van der Waals surface area contributed by atoms with Crippen molar-refractivity contribution in [2.24, 2.45) is 0 Å². The second-order valence-corrected chi connectivity index (χ2v) is 14.0. The van der Waals surface area contributed by atoms with E-state index in [0.717, 1.165) is 45.8 Å². The number of nitrogens with one attached hydrogen (secondary N) is 2. The Morgan fingerprint density at radius 1 is 0.611 bits per heavy atom. The molecule has 10 nitrogen and oxygen atoms in total. The van der Waals surface area contributed by atoms with E-state index in [1.165, 1.54) is 46.6 Å². The number of fused-ring (bicyclic) bond motifs is 2. The van der Waals surface area contributed by atoms with Crippen molar-refractivity contribution in [2.75, 3.05) is 23.9 Å². The monoisotopic (exact) mass is 774 g/mol. The molecule has 0 aliphatic carbocycles. The maximum atomic E-state index is 14.1. The molecule has 0 spiro atoms. The SMILES string of the molecule is CN(C(=O)[C@H](Cc1cc(F)cc(F)c1)NC(=O)/C=C\C(=O)N[C@@H](Cc1cc(F)cc(F)c1)C(=O)N(C)c1ccc2scnc2c1)c1ccc2scnc2c1. The second-order valence-electron chi connectivity index (χ2n) is 12.2. The van der Waals surface area contributed by atoms with Crippen LogP contribution in [0.15, 0.2) is 96.0 Å². The van der Waals surface area contributed by atoms with E-state index < -0.39 is 59.0 Å². The Labute approximate surface area is 313 Å². The number of hydrogen-bond acceptors (Lipinski definition) is 8. The van der Waals surface area contributed by atoms with Crippen molar-refractivity contribution < 1.29 is 36.7 Å². The molecule has 4 amide bonds. The lowest BCUT2D eigenvalue weighted by Crippen LogP contribution is -2.49. The van der Waals surface area contributed by atoms with Gasteiger partial charge in [0, 0.05) is 62.6 Å². The Kier molecular flexibility index (Phi) is 11.4. The molecule has 4 aromatic carbocycles. The average Bonchev–Trinajstić information content (AvgIpc) is 3.80. The third-order valence-corrected chi connectivity index (χ3v) is 10.0. The number of amides is 4. The highest BCUT2D eigenvalue weighted by molar-refractivity contribution is 7.17. The molecule has 0 saturated heterocycles. The summed E-state index contributed by atoms with van der Waals surface area (Å²) in [6.45, 7) is 0. The predicted octanol–water partition coefficient (Wildman–Crippen LogP) is 6.10. The third-order valence-electron chi connectivity index (χ3n) is 8.40. The van der Waals surface area contributed by atoms with Crippen LogP contribution in [0, 0.1) is 23.3 Å². The van der Waals surface area contributed by atoms with E-state index in [0.29, 0.717) is 34.5 Å². The number of hydrogen-bond donors (Lipinski definition) is 2. The van der Waals surface area contributed by atoms with Gasteiger partial charge in [-0.3, -0.25) is 19.2 Å². The van der Waals surface area contributed by atoms with Gasteiger partial charge in [0.05, 0.1) is 31.5 Å². The van der Waals surface area contributed by atoms with Crippen LogP contribution in [0.4, 0.5) is 28.9 Å². The summed E-state index contributed by atoms with van der Waals surface area (Å²) in [7, 11) is 2.94. The summed E-state index contributed by atoms with van der Waals surface area (Å²) in [4.78, 5) is 64.9. The van der Waals surface area contributed by atoms with Crippen LogP contribution in [0.5, 0.6) is 0 Å². The highest BCUT2D eigenvalue weighted by Crippen LogP contribution is 2.26. The minimum absolute atomic E-state index is 0.0874. The van der Waals surface area contributed by atoms with E-state index in [1.807, 2.05) is 0 Å². The molecule has 0 bridgehead atoms. The fourth-order valence-corrected chi connectivity index (χ4v) is 7.07. The third kappa shape index (κ3) is 9.13. The van der Waals surface area contributed by atoms with Gasteiger partial charge in [-0.15, -0.1) is 22.7 Å². The molecule has 0 aliphatic rings. The quantitative estimate of drug-likeness (QED) is 0.115. The van der Waals surface area contributed by atoms with Gasteiger partial charge in [0.1, 0.15) is 35.4 Å². The first kappa shape index (κ1) is 37.7. The number of benzene rings is 4. The molecule has 276 valence electrons. The number of likely N-dealkylation sites (N-methyl/N-ethyl adjacent to an activating group) is 2. The molecule has 0 radical (unpaired) electrons. The van der Waals surface area contributed by atoms with E-state index in [-0.39, 0.29) is 24.0 Å². The predicted molar refractivity (Wildman–Crippen MR) is 199 cm³/mol. The zero-order chi connectivity index (χ0) is 38.5. The highest BCUT2D eigenvalue weighted by atomic mass is 32.1. The van der Waals surface area contributed by atoms with Gasteiger partial charge in [0.15, 0.2) is 0 Å². The van der Waals surface area contributed by atoms with Gasteiger partial charge >= 0.3 is 0 Å².